The molecule has 0 radical (unpaired) electrons. The molecular formula is C16H28O2. The van der Waals surface area contributed by atoms with Crippen LogP contribution in [0.2, 0.25) is 0 Å². The summed E-state index contributed by atoms with van der Waals surface area (Å²) >= 11 is 0. The molecule has 0 aromatic carbocycles. The van der Waals surface area contributed by atoms with Crippen molar-refractivity contribution >= 4 is 5.97 Å². The van der Waals surface area contributed by atoms with Gasteiger partial charge in [-0.1, -0.05) is 50.5 Å². The Labute approximate surface area is 112 Å². The second-order valence-electron chi connectivity index (χ2n) is 4.47. The highest BCUT2D eigenvalue weighted by Gasteiger charge is 1.98. The number of carbonyl (C=O) groups excluding carboxylic acids is 1. The van der Waals surface area contributed by atoms with Crippen molar-refractivity contribution in [3.8, 4) is 0 Å². The lowest BCUT2D eigenvalue weighted by molar-refractivity contribution is -0.140. The maximum Gasteiger partial charge on any atom is 0.305 e. The Hall–Kier alpha value is -1.05. The SMILES string of the molecule is CC/C=C/C/C=C/CCCCCCCC(=O)OC. The molecule has 0 aliphatic carbocycles. The van der Waals surface area contributed by atoms with Gasteiger partial charge in [-0.25, -0.2) is 0 Å². The summed E-state index contributed by atoms with van der Waals surface area (Å²) in [6.07, 6.45) is 18.7. The molecule has 0 spiro atoms. The van der Waals surface area contributed by atoms with Crippen molar-refractivity contribution in [3.63, 3.8) is 0 Å². The Kier molecular flexibility index (Phi) is 13.2. The Morgan fingerprint density at radius 2 is 1.61 bits per heavy atom. The summed E-state index contributed by atoms with van der Waals surface area (Å²) < 4.78 is 4.60. The van der Waals surface area contributed by atoms with Gasteiger partial charge in [0.2, 0.25) is 0 Å². The molecule has 104 valence electrons. The molecule has 0 saturated carbocycles. The van der Waals surface area contributed by atoms with Crippen molar-refractivity contribution in [3.05, 3.63) is 24.3 Å². The second kappa shape index (κ2) is 14.0. The Morgan fingerprint density at radius 1 is 0.944 bits per heavy atom. The van der Waals surface area contributed by atoms with E-state index in [1.165, 1.54) is 32.8 Å². The van der Waals surface area contributed by atoms with Gasteiger partial charge < -0.3 is 4.74 Å². The number of rotatable bonds is 11. The standard InChI is InChI=1S/C16H28O2/c1-3-4-5-6-7-8-9-10-11-12-13-14-15-16(17)18-2/h4-5,7-8H,3,6,9-15H2,1-2H3/b5-4+,8-7+. The number of ether oxygens (including phenoxy) is 1. The predicted molar refractivity (Wildman–Crippen MR) is 77.5 cm³/mol. The van der Waals surface area contributed by atoms with E-state index in [-0.39, 0.29) is 5.97 Å². The van der Waals surface area contributed by atoms with Crippen LogP contribution >= 0.6 is 0 Å². The van der Waals surface area contributed by atoms with E-state index in [2.05, 4.69) is 36.0 Å². The van der Waals surface area contributed by atoms with Crippen LogP contribution in [0.5, 0.6) is 0 Å². The normalized spacial score (nSPS) is 11.4. The summed E-state index contributed by atoms with van der Waals surface area (Å²) in [7, 11) is 1.45. The summed E-state index contributed by atoms with van der Waals surface area (Å²) in [5, 5.41) is 0. The van der Waals surface area contributed by atoms with Gasteiger partial charge in [0, 0.05) is 6.42 Å². The zero-order valence-corrected chi connectivity index (χ0v) is 12.0. The van der Waals surface area contributed by atoms with Gasteiger partial charge in [0.1, 0.15) is 0 Å². The van der Waals surface area contributed by atoms with Crippen molar-refractivity contribution in [2.45, 2.75) is 64.7 Å². The summed E-state index contributed by atoms with van der Waals surface area (Å²) in [5.74, 6) is -0.0851. The van der Waals surface area contributed by atoms with Crippen LogP contribution in [0, 0.1) is 0 Å². The number of hydrogen-bond acceptors (Lipinski definition) is 2. The molecule has 0 saturated heterocycles. The lowest BCUT2D eigenvalue weighted by atomic mass is 10.1. The van der Waals surface area contributed by atoms with Crippen molar-refractivity contribution in [1.29, 1.82) is 0 Å². The van der Waals surface area contributed by atoms with Crippen molar-refractivity contribution in [1.82, 2.24) is 0 Å². The van der Waals surface area contributed by atoms with Crippen molar-refractivity contribution < 1.29 is 9.53 Å². The van der Waals surface area contributed by atoms with Crippen molar-refractivity contribution in [2.75, 3.05) is 7.11 Å². The number of allylic oxidation sites excluding steroid dienone is 4. The Balaban J connectivity index is 3.16. The number of methoxy groups -OCH3 is 1. The molecule has 0 unspecified atom stereocenters. The molecule has 0 aliphatic heterocycles. The highest BCUT2D eigenvalue weighted by atomic mass is 16.5. The summed E-state index contributed by atoms with van der Waals surface area (Å²) in [5.41, 5.74) is 0. The fourth-order valence-electron chi connectivity index (χ4n) is 1.72. The Morgan fingerprint density at radius 3 is 2.33 bits per heavy atom. The number of esters is 1. The third-order valence-corrected chi connectivity index (χ3v) is 2.82. The van der Waals surface area contributed by atoms with Crippen LogP contribution in [0.3, 0.4) is 0 Å². The second-order valence-corrected chi connectivity index (χ2v) is 4.47. The molecular weight excluding hydrogens is 224 g/mol. The molecule has 0 amide bonds. The van der Waals surface area contributed by atoms with Crippen LogP contribution < -0.4 is 0 Å². The van der Waals surface area contributed by atoms with Gasteiger partial charge in [-0.3, -0.25) is 4.79 Å². The number of carbonyl (C=O) groups is 1. The summed E-state index contributed by atoms with van der Waals surface area (Å²) in [6, 6.07) is 0. The minimum absolute atomic E-state index is 0.0851. The first-order valence-corrected chi connectivity index (χ1v) is 7.18. The molecule has 0 heterocycles. The zero-order chi connectivity index (χ0) is 13.5. The van der Waals surface area contributed by atoms with E-state index in [0.717, 1.165) is 25.7 Å². The van der Waals surface area contributed by atoms with E-state index in [0.29, 0.717) is 6.42 Å². The Bertz CT molecular complexity index is 241. The van der Waals surface area contributed by atoms with Gasteiger partial charge in [-0.15, -0.1) is 0 Å². The van der Waals surface area contributed by atoms with Crippen LogP contribution in [-0.4, -0.2) is 13.1 Å². The monoisotopic (exact) mass is 252 g/mol. The van der Waals surface area contributed by atoms with Crippen LogP contribution in [-0.2, 0) is 9.53 Å². The molecule has 0 bridgehead atoms. The fraction of sp³-hybridized carbons (Fsp3) is 0.688. The van der Waals surface area contributed by atoms with E-state index in [1.807, 2.05) is 0 Å². The first-order chi connectivity index (χ1) is 8.81. The molecule has 0 fully saturated rings. The minimum atomic E-state index is -0.0851. The highest BCUT2D eigenvalue weighted by Crippen LogP contribution is 2.08. The first kappa shape index (κ1) is 16.9. The molecule has 2 nitrogen and oxygen atoms in total. The molecule has 2 heteroatoms. The predicted octanol–water partition coefficient (Wildman–Crippen LogP) is 4.80. The van der Waals surface area contributed by atoms with E-state index in [4.69, 9.17) is 0 Å². The highest BCUT2D eigenvalue weighted by molar-refractivity contribution is 5.68. The van der Waals surface area contributed by atoms with Gasteiger partial charge in [-0.05, 0) is 32.1 Å². The van der Waals surface area contributed by atoms with E-state index in [1.54, 1.807) is 0 Å². The summed E-state index contributed by atoms with van der Waals surface area (Å²) in [6.45, 7) is 2.15. The largest absolute Gasteiger partial charge is 0.469 e. The molecule has 0 N–H and O–H groups in total. The number of unbranched alkanes of at least 4 members (excludes halogenated alkanes) is 5. The van der Waals surface area contributed by atoms with E-state index in [9.17, 15) is 4.79 Å². The average molecular weight is 252 g/mol. The lowest BCUT2D eigenvalue weighted by Crippen LogP contribution is -1.98. The maximum atomic E-state index is 10.9. The zero-order valence-electron chi connectivity index (χ0n) is 12.0. The molecule has 18 heavy (non-hydrogen) atoms. The molecule has 0 aromatic rings. The van der Waals surface area contributed by atoms with Gasteiger partial charge >= 0.3 is 5.97 Å². The van der Waals surface area contributed by atoms with E-state index < -0.39 is 0 Å². The average Bonchev–Trinajstić information content (AvgIpc) is 2.39. The lowest BCUT2D eigenvalue weighted by Gasteiger charge is -1.99. The topological polar surface area (TPSA) is 26.3 Å². The summed E-state index contributed by atoms with van der Waals surface area (Å²) in [4.78, 5) is 10.9. The smallest absolute Gasteiger partial charge is 0.305 e. The molecule has 0 aliphatic rings. The third kappa shape index (κ3) is 13.0. The van der Waals surface area contributed by atoms with Gasteiger partial charge in [0.25, 0.3) is 0 Å². The quantitative estimate of drug-likeness (QED) is 0.300. The minimum Gasteiger partial charge on any atom is -0.469 e. The molecule has 0 atom stereocenters. The maximum absolute atomic E-state index is 10.9. The van der Waals surface area contributed by atoms with Crippen LogP contribution in [0.1, 0.15) is 64.7 Å². The van der Waals surface area contributed by atoms with Crippen LogP contribution in [0.4, 0.5) is 0 Å². The number of hydrogen-bond donors (Lipinski definition) is 0. The van der Waals surface area contributed by atoms with E-state index >= 15 is 0 Å². The molecule has 0 rings (SSSR count). The molecule has 0 aromatic heterocycles. The van der Waals surface area contributed by atoms with Crippen molar-refractivity contribution in [2.24, 2.45) is 0 Å². The fourth-order valence-corrected chi connectivity index (χ4v) is 1.72. The van der Waals surface area contributed by atoms with Gasteiger partial charge in [0.15, 0.2) is 0 Å². The van der Waals surface area contributed by atoms with Crippen LogP contribution in [0.25, 0.3) is 0 Å². The first-order valence-electron chi connectivity index (χ1n) is 7.18. The third-order valence-electron chi connectivity index (χ3n) is 2.82. The van der Waals surface area contributed by atoms with Crippen LogP contribution in [0.15, 0.2) is 24.3 Å². The van der Waals surface area contributed by atoms with Gasteiger partial charge in [0.05, 0.1) is 7.11 Å². The van der Waals surface area contributed by atoms with Gasteiger partial charge in [-0.2, -0.15) is 0 Å².